The van der Waals surface area contributed by atoms with Gasteiger partial charge in [0.25, 0.3) is 5.91 Å². The molecule has 6 heteroatoms. The zero-order valence-electron chi connectivity index (χ0n) is 9.17. The van der Waals surface area contributed by atoms with Crippen LogP contribution < -0.4 is 5.32 Å². The Kier molecular flexibility index (Phi) is 6.54. The largest absolute Gasteiger partial charge is 0.383 e. The van der Waals surface area contributed by atoms with E-state index in [2.05, 4.69) is 27.9 Å². The van der Waals surface area contributed by atoms with Gasteiger partial charge in [-0.3, -0.25) is 4.79 Å². The van der Waals surface area contributed by atoms with Gasteiger partial charge in [0.2, 0.25) is 0 Å². The number of methoxy groups -OCH3 is 1. The monoisotopic (exact) mass is 387 g/mol. The van der Waals surface area contributed by atoms with Gasteiger partial charge in [-0.15, -0.1) is 11.6 Å². The molecule has 0 aliphatic rings. The third-order valence-corrected chi connectivity index (χ3v) is 3.46. The number of rotatable bonds is 5. The van der Waals surface area contributed by atoms with Gasteiger partial charge in [-0.2, -0.15) is 0 Å². The van der Waals surface area contributed by atoms with E-state index in [1.807, 2.05) is 0 Å². The second-order valence-electron chi connectivity index (χ2n) is 3.39. The lowest BCUT2D eigenvalue weighted by Gasteiger charge is -2.10. The highest BCUT2D eigenvalue weighted by Crippen LogP contribution is 2.17. The molecule has 1 amide bonds. The summed E-state index contributed by atoms with van der Waals surface area (Å²) in [5.74, 6) is -0.182. The molecular formula is C11H12Cl2INO2. The zero-order chi connectivity index (χ0) is 12.8. The lowest BCUT2D eigenvalue weighted by Crippen LogP contribution is -2.32. The van der Waals surface area contributed by atoms with E-state index in [-0.39, 0.29) is 11.3 Å². The number of hydrogen-bond donors (Lipinski definition) is 1. The van der Waals surface area contributed by atoms with Crippen LogP contribution in [0.25, 0.3) is 0 Å². The first kappa shape index (κ1) is 15.0. The first-order valence-electron chi connectivity index (χ1n) is 4.91. The van der Waals surface area contributed by atoms with Crippen molar-refractivity contribution >= 4 is 51.7 Å². The number of benzene rings is 1. The summed E-state index contributed by atoms with van der Waals surface area (Å²) in [6.07, 6.45) is 0. The van der Waals surface area contributed by atoms with Gasteiger partial charge in [-0.05, 0) is 40.8 Å². The Hall–Kier alpha value is -0.0400. The lowest BCUT2D eigenvalue weighted by atomic mass is 10.2. The van der Waals surface area contributed by atoms with Gasteiger partial charge >= 0.3 is 0 Å². The smallest absolute Gasteiger partial charge is 0.252 e. The highest BCUT2D eigenvalue weighted by molar-refractivity contribution is 14.1. The highest BCUT2D eigenvalue weighted by Gasteiger charge is 2.12. The second kappa shape index (κ2) is 7.41. The van der Waals surface area contributed by atoms with Crippen molar-refractivity contribution < 1.29 is 9.53 Å². The minimum absolute atomic E-state index is 0.182. The molecule has 0 aliphatic heterocycles. The number of alkyl halides is 1. The summed E-state index contributed by atoms with van der Waals surface area (Å²) in [6.45, 7) is 0.755. The second-order valence-corrected chi connectivity index (χ2v) is 5.60. The van der Waals surface area contributed by atoms with Crippen molar-refractivity contribution in [3.8, 4) is 0 Å². The third kappa shape index (κ3) is 4.99. The number of hydrogen-bond acceptors (Lipinski definition) is 2. The molecule has 0 saturated carbocycles. The number of amides is 1. The zero-order valence-corrected chi connectivity index (χ0v) is 12.8. The molecule has 0 aliphatic carbocycles. The Labute approximate surface area is 124 Å². The van der Waals surface area contributed by atoms with Crippen molar-refractivity contribution in [2.24, 2.45) is 0 Å². The van der Waals surface area contributed by atoms with Crippen LogP contribution in [0.3, 0.4) is 0 Å². The molecule has 1 aromatic carbocycles. The van der Waals surface area contributed by atoms with Crippen LogP contribution in [0.4, 0.5) is 0 Å². The van der Waals surface area contributed by atoms with Crippen molar-refractivity contribution in [3.05, 3.63) is 32.4 Å². The summed E-state index contributed by atoms with van der Waals surface area (Å²) in [5, 5.41) is 3.04. The fourth-order valence-corrected chi connectivity index (χ4v) is 2.17. The summed E-state index contributed by atoms with van der Waals surface area (Å²) in [5.41, 5.74) is 0.555. The Morgan fingerprint density at radius 2 is 2.29 bits per heavy atom. The Balaban J connectivity index is 2.61. The summed E-state index contributed by atoms with van der Waals surface area (Å²) in [7, 11) is 1.57. The van der Waals surface area contributed by atoms with E-state index in [0.717, 1.165) is 3.57 Å². The molecule has 1 unspecified atom stereocenters. The van der Waals surface area contributed by atoms with Crippen LogP contribution in [0.5, 0.6) is 0 Å². The first-order valence-corrected chi connectivity index (χ1v) is 6.80. The molecule has 1 aromatic rings. The number of halogens is 3. The summed E-state index contributed by atoms with van der Waals surface area (Å²) in [4.78, 5) is 11.9. The van der Waals surface area contributed by atoms with Gasteiger partial charge in [-0.25, -0.2) is 0 Å². The van der Waals surface area contributed by atoms with Crippen LogP contribution in [0.15, 0.2) is 18.2 Å². The summed E-state index contributed by atoms with van der Waals surface area (Å²) < 4.78 is 5.73. The molecule has 1 rings (SSSR count). The maximum atomic E-state index is 11.9. The molecule has 0 radical (unpaired) electrons. The summed E-state index contributed by atoms with van der Waals surface area (Å²) >= 11 is 13.8. The molecule has 3 nitrogen and oxygen atoms in total. The molecule has 0 aromatic heterocycles. The minimum atomic E-state index is -0.235. The topological polar surface area (TPSA) is 38.3 Å². The fourth-order valence-electron chi connectivity index (χ4n) is 1.21. The SMILES string of the molecule is COCC(Cl)CNC(=O)c1cc(Cl)ccc1I. The maximum absolute atomic E-state index is 11.9. The van der Waals surface area contributed by atoms with Crippen molar-refractivity contribution in [2.75, 3.05) is 20.3 Å². The maximum Gasteiger partial charge on any atom is 0.252 e. The van der Waals surface area contributed by atoms with E-state index in [0.29, 0.717) is 23.7 Å². The van der Waals surface area contributed by atoms with Gasteiger partial charge in [0.1, 0.15) is 0 Å². The van der Waals surface area contributed by atoms with E-state index in [9.17, 15) is 4.79 Å². The quantitative estimate of drug-likeness (QED) is 0.623. The van der Waals surface area contributed by atoms with Gasteiger partial charge in [0.15, 0.2) is 0 Å². The normalized spacial score (nSPS) is 12.2. The van der Waals surface area contributed by atoms with Crippen molar-refractivity contribution in [3.63, 3.8) is 0 Å². The molecule has 1 N–H and O–H groups in total. The predicted octanol–water partition coefficient (Wildman–Crippen LogP) is 2.93. The van der Waals surface area contributed by atoms with Gasteiger partial charge in [0.05, 0.1) is 17.5 Å². The molecule has 17 heavy (non-hydrogen) atoms. The molecule has 94 valence electrons. The van der Waals surface area contributed by atoms with E-state index in [1.54, 1.807) is 25.3 Å². The molecule has 1 atom stereocenters. The van der Waals surface area contributed by atoms with Crippen molar-refractivity contribution in [1.82, 2.24) is 5.32 Å². The first-order chi connectivity index (χ1) is 8.04. The van der Waals surface area contributed by atoms with Crippen LogP contribution in [0.2, 0.25) is 5.02 Å². The molecular weight excluding hydrogens is 376 g/mol. The third-order valence-electron chi connectivity index (χ3n) is 2.00. The van der Waals surface area contributed by atoms with Crippen LogP contribution in [-0.4, -0.2) is 31.5 Å². The Morgan fingerprint density at radius 1 is 1.59 bits per heavy atom. The molecule has 0 fully saturated rings. The van der Waals surface area contributed by atoms with Gasteiger partial charge in [0, 0.05) is 22.2 Å². The van der Waals surface area contributed by atoms with Gasteiger partial charge < -0.3 is 10.1 Å². The Bertz CT molecular complexity index is 401. The van der Waals surface area contributed by atoms with Gasteiger partial charge in [-0.1, -0.05) is 11.6 Å². The molecule has 0 saturated heterocycles. The molecule has 0 bridgehead atoms. The summed E-state index contributed by atoms with van der Waals surface area (Å²) in [6, 6.07) is 5.18. The predicted molar refractivity (Wildman–Crippen MR) is 78.0 cm³/mol. The highest BCUT2D eigenvalue weighted by atomic mass is 127. The molecule has 0 spiro atoms. The number of carbonyl (C=O) groups is 1. The fraction of sp³-hybridized carbons (Fsp3) is 0.364. The van der Waals surface area contributed by atoms with Crippen molar-refractivity contribution in [2.45, 2.75) is 5.38 Å². The van der Waals surface area contributed by atoms with Crippen LogP contribution >= 0.6 is 45.8 Å². The van der Waals surface area contributed by atoms with Crippen LogP contribution in [-0.2, 0) is 4.74 Å². The standard InChI is InChI=1S/C11H12Cl2INO2/c1-17-6-8(13)5-15-11(16)9-4-7(12)2-3-10(9)14/h2-4,8H,5-6H2,1H3,(H,15,16). The molecule has 0 heterocycles. The lowest BCUT2D eigenvalue weighted by molar-refractivity contribution is 0.0948. The van der Waals surface area contributed by atoms with Crippen LogP contribution in [0, 0.1) is 3.57 Å². The number of nitrogens with one attached hydrogen (secondary N) is 1. The van der Waals surface area contributed by atoms with E-state index < -0.39 is 0 Å². The number of ether oxygens (including phenoxy) is 1. The van der Waals surface area contributed by atoms with E-state index in [4.69, 9.17) is 27.9 Å². The average Bonchev–Trinajstić information content (AvgIpc) is 2.29. The number of carbonyl (C=O) groups excluding carboxylic acids is 1. The van der Waals surface area contributed by atoms with E-state index >= 15 is 0 Å². The minimum Gasteiger partial charge on any atom is -0.383 e. The average molecular weight is 388 g/mol. The van der Waals surface area contributed by atoms with E-state index in [1.165, 1.54) is 0 Å². The van der Waals surface area contributed by atoms with Crippen molar-refractivity contribution in [1.29, 1.82) is 0 Å². The Morgan fingerprint density at radius 3 is 2.94 bits per heavy atom. The van der Waals surface area contributed by atoms with Crippen LogP contribution in [0.1, 0.15) is 10.4 Å².